The molecule has 0 aliphatic carbocycles. The summed E-state index contributed by atoms with van der Waals surface area (Å²) in [6, 6.07) is 9.98. The van der Waals surface area contributed by atoms with Crippen molar-refractivity contribution >= 4 is 17.3 Å². The second-order valence-electron chi connectivity index (χ2n) is 6.33. The Kier molecular flexibility index (Phi) is 4.80. The summed E-state index contributed by atoms with van der Waals surface area (Å²) >= 11 is 0. The molecule has 4 rings (SSSR count). The second-order valence-corrected chi connectivity index (χ2v) is 6.33. The first kappa shape index (κ1) is 16.5. The molecule has 0 N–H and O–H groups in total. The van der Waals surface area contributed by atoms with Gasteiger partial charge in [0.1, 0.15) is 11.8 Å². The van der Waals surface area contributed by atoms with Gasteiger partial charge in [0.15, 0.2) is 11.6 Å². The largest absolute Gasteiger partial charge is 0.378 e. The SMILES string of the molecule is N#Cc1cc(N2CCN(c3ccc(N4CCOCC4)nn3)CC2)ccn1. The third kappa shape index (κ3) is 3.53. The first-order chi connectivity index (χ1) is 12.8. The van der Waals surface area contributed by atoms with Crippen LogP contribution >= 0.6 is 0 Å². The number of ether oxygens (including phenoxy) is 1. The van der Waals surface area contributed by atoms with E-state index in [2.05, 4.69) is 36.0 Å². The molecule has 2 aliphatic rings. The Morgan fingerprint density at radius 3 is 2.08 bits per heavy atom. The van der Waals surface area contributed by atoms with Gasteiger partial charge in [0.2, 0.25) is 0 Å². The van der Waals surface area contributed by atoms with E-state index in [4.69, 9.17) is 10.00 Å². The van der Waals surface area contributed by atoms with Crippen LogP contribution in [-0.4, -0.2) is 67.7 Å². The third-order valence-corrected chi connectivity index (χ3v) is 4.80. The molecule has 134 valence electrons. The molecule has 2 fully saturated rings. The number of hydrogen-bond acceptors (Lipinski definition) is 8. The van der Waals surface area contributed by atoms with E-state index in [9.17, 15) is 0 Å². The normalized spacial score (nSPS) is 17.9. The molecular weight excluding hydrogens is 330 g/mol. The highest BCUT2D eigenvalue weighted by atomic mass is 16.5. The number of piperazine rings is 1. The number of rotatable bonds is 3. The van der Waals surface area contributed by atoms with Gasteiger partial charge in [-0.2, -0.15) is 5.26 Å². The Bertz CT molecular complexity index is 775. The molecule has 2 aromatic heterocycles. The topological polar surface area (TPSA) is 81.4 Å². The average Bonchev–Trinajstić information content (AvgIpc) is 2.75. The van der Waals surface area contributed by atoms with Gasteiger partial charge in [-0.25, -0.2) is 4.98 Å². The van der Waals surface area contributed by atoms with Crippen molar-refractivity contribution in [1.82, 2.24) is 15.2 Å². The monoisotopic (exact) mass is 351 g/mol. The van der Waals surface area contributed by atoms with Crippen LogP contribution in [0.25, 0.3) is 0 Å². The number of pyridine rings is 1. The van der Waals surface area contributed by atoms with E-state index in [1.54, 1.807) is 6.20 Å². The summed E-state index contributed by atoms with van der Waals surface area (Å²) in [6.07, 6.45) is 1.69. The molecule has 0 atom stereocenters. The van der Waals surface area contributed by atoms with Crippen molar-refractivity contribution in [3.8, 4) is 6.07 Å². The Hall–Kier alpha value is -2.92. The predicted octanol–water partition coefficient (Wildman–Crippen LogP) is 0.906. The first-order valence-corrected chi connectivity index (χ1v) is 8.86. The molecule has 2 aromatic rings. The molecule has 0 unspecified atom stereocenters. The lowest BCUT2D eigenvalue weighted by atomic mass is 10.2. The van der Waals surface area contributed by atoms with Crippen molar-refractivity contribution in [2.75, 3.05) is 67.2 Å². The fourth-order valence-corrected chi connectivity index (χ4v) is 3.32. The van der Waals surface area contributed by atoms with E-state index in [0.717, 1.165) is 69.8 Å². The van der Waals surface area contributed by atoms with E-state index in [-0.39, 0.29) is 0 Å². The smallest absolute Gasteiger partial charge is 0.151 e. The van der Waals surface area contributed by atoms with Gasteiger partial charge >= 0.3 is 0 Å². The molecule has 26 heavy (non-hydrogen) atoms. The van der Waals surface area contributed by atoms with Crippen molar-refractivity contribution in [1.29, 1.82) is 5.26 Å². The van der Waals surface area contributed by atoms with Gasteiger partial charge in [0.05, 0.1) is 13.2 Å². The number of aromatic nitrogens is 3. The zero-order valence-electron chi connectivity index (χ0n) is 14.6. The molecule has 8 nitrogen and oxygen atoms in total. The summed E-state index contributed by atoms with van der Waals surface area (Å²) in [4.78, 5) is 10.8. The standard InChI is InChI=1S/C18H21N7O/c19-14-15-13-16(3-4-20-15)23-5-7-24(8-6-23)17-1-2-18(22-21-17)25-9-11-26-12-10-25/h1-4,13H,5-12H2. The van der Waals surface area contributed by atoms with Crippen LogP contribution < -0.4 is 14.7 Å². The van der Waals surface area contributed by atoms with Gasteiger partial charge in [-0.05, 0) is 24.3 Å². The quantitative estimate of drug-likeness (QED) is 0.807. The van der Waals surface area contributed by atoms with E-state index in [1.165, 1.54) is 0 Å². The minimum absolute atomic E-state index is 0.453. The Morgan fingerprint density at radius 2 is 1.46 bits per heavy atom. The summed E-state index contributed by atoms with van der Waals surface area (Å²) in [5.74, 6) is 1.82. The van der Waals surface area contributed by atoms with Crippen LogP contribution in [0.4, 0.5) is 17.3 Å². The van der Waals surface area contributed by atoms with Gasteiger partial charge in [-0.1, -0.05) is 0 Å². The predicted molar refractivity (Wildman–Crippen MR) is 98.4 cm³/mol. The number of nitrogens with zero attached hydrogens (tertiary/aromatic N) is 7. The van der Waals surface area contributed by atoms with Gasteiger partial charge < -0.3 is 19.4 Å². The van der Waals surface area contributed by atoms with Crippen molar-refractivity contribution < 1.29 is 4.74 Å². The molecule has 4 heterocycles. The molecule has 2 saturated heterocycles. The van der Waals surface area contributed by atoms with Gasteiger partial charge in [0.25, 0.3) is 0 Å². The Balaban J connectivity index is 1.37. The molecule has 8 heteroatoms. The van der Waals surface area contributed by atoms with Gasteiger partial charge in [-0.15, -0.1) is 10.2 Å². The van der Waals surface area contributed by atoms with Crippen LogP contribution in [0, 0.1) is 11.3 Å². The number of nitriles is 1. The zero-order chi connectivity index (χ0) is 17.8. The number of morpholine rings is 1. The molecule has 0 amide bonds. The maximum absolute atomic E-state index is 9.00. The lowest BCUT2D eigenvalue weighted by molar-refractivity contribution is 0.122. The van der Waals surface area contributed by atoms with Crippen molar-refractivity contribution in [3.63, 3.8) is 0 Å². The highest BCUT2D eigenvalue weighted by Crippen LogP contribution is 2.20. The van der Waals surface area contributed by atoms with Gasteiger partial charge in [0, 0.05) is 51.2 Å². The Morgan fingerprint density at radius 1 is 0.846 bits per heavy atom. The lowest BCUT2D eigenvalue weighted by Crippen LogP contribution is -2.47. The number of anilines is 3. The van der Waals surface area contributed by atoms with E-state index >= 15 is 0 Å². The Labute approximate surface area is 152 Å². The summed E-state index contributed by atoms with van der Waals surface area (Å²) in [5.41, 5.74) is 1.50. The van der Waals surface area contributed by atoms with Crippen LogP contribution in [0.1, 0.15) is 5.69 Å². The molecular formula is C18H21N7O. The maximum Gasteiger partial charge on any atom is 0.151 e. The second kappa shape index (κ2) is 7.54. The molecule has 0 spiro atoms. The fraction of sp³-hybridized carbons (Fsp3) is 0.444. The molecule has 0 saturated carbocycles. The fourth-order valence-electron chi connectivity index (χ4n) is 3.32. The summed E-state index contributed by atoms with van der Waals surface area (Å²) in [7, 11) is 0. The molecule has 2 aliphatic heterocycles. The lowest BCUT2D eigenvalue weighted by Gasteiger charge is -2.36. The van der Waals surface area contributed by atoms with Crippen LogP contribution in [0.3, 0.4) is 0 Å². The van der Waals surface area contributed by atoms with Crippen molar-refractivity contribution in [2.24, 2.45) is 0 Å². The number of hydrogen-bond donors (Lipinski definition) is 0. The van der Waals surface area contributed by atoms with E-state index in [0.29, 0.717) is 5.69 Å². The van der Waals surface area contributed by atoms with Crippen LogP contribution in [-0.2, 0) is 4.74 Å². The summed E-state index contributed by atoms with van der Waals surface area (Å²) in [5, 5.41) is 17.8. The van der Waals surface area contributed by atoms with Crippen LogP contribution in [0.5, 0.6) is 0 Å². The summed E-state index contributed by atoms with van der Waals surface area (Å²) < 4.78 is 5.38. The molecule has 0 bridgehead atoms. The van der Waals surface area contributed by atoms with Crippen molar-refractivity contribution in [3.05, 3.63) is 36.2 Å². The minimum Gasteiger partial charge on any atom is -0.378 e. The maximum atomic E-state index is 9.00. The minimum atomic E-state index is 0.453. The first-order valence-electron chi connectivity index (χ1n) is 8.86. The zero-order valence-corrected chi connectivity index (χ0v) is 14.6. The molecule has 0 radical (unpaired) electrons. The van der Waals surface area contributed by atoms with E-state index in [1.807, 2.05) is 24.3 Å². The molecule has 0 aromatic carbocycles. The van der Waals surface area contributed by atoms with Crippen molar-refractivity contribution in [2.45, 2.75) is 0 Å². The summed E-state index contributed by atoms with van der Waals surface area (Å²) in [6.45, 7) is 6.71. The van der Waals surface area contributed by atoms with Crippen LogP contribution in [0.2, 0.25) is 0 Å². The highest BCUT2D eigenvalue weighted by Gasteiger charge is 2.20. The third-order valence-electron chi connectivity index (χ3n) is 4.80. The average molecular weight is 351 g/mol. The highest BCUT2D eigenvalue weighted by molar-refractivity contribution is 5.51. The van der Waals surface area contributed by atoms with Crippen LogP contribution in [0.15, 0.2) is 30.5 Å². The van der Waals surface area contributed by atoms with Gasteiger partial charge in [-0.3, -0.25) is 0 Å². The van der Waals surface area contributed by atoms with E-state index < -0.39 is 0 Å².